The lowest BCUT2D eigenvalue weighted by molar-refractivity contribution is 0.120. The number of aromatic nitrogens is 2. The molecule has 0 saturated carbocycles. The van der Waals surface area contributed by atoms with Gasteiger partial charge in [-0.05, 0) is 35.2 Å². The van der Waals surface area contributed by atoms with Gasteiger partial charge in [0.25, 0.3) is 0 Å². The highest BCUT2D eigenvalue weighted by atomic mass is 32.2. The lowest BCUT2D eigenvalue weighted by Crippen LogP contribution is -2.18. The van der Waals surface area contributed by atoms with Gasteiger partial charge in [-0.25, -0.2) is 4.79 Å². The fourth-order valence-electron chi connectivity index (χ4n) is 3.62. The second-order valence-electron chi connectivity index (χ2n) is 6.93. The lowest BCUT2D eigenvalue weighted by atomic mass is 10.0. The van der Waals surface area contributed by atoms with Crippen molar-refractivity contribution in [2.45, 2.75) is 29.0 Å². The zero-order chi connectivity index (χ0) is 19.6. The molecule has 1 fully saturated rings. The van der Waals surface area contributed by atoms with Crippen molar-refractivity contribution in [1.29, 1.82) is 0 Å². The Kier molecular flexibility index (Phi) is 5.22. The average Bonchev–Trinajstić information content (AvgIpc) is 3.42. The molecule has 1 atom stereocenters. The number of benzene rings is 2. The van der Waals surface area contributed by atoms with Crippen LogP contribution < -0.4 is 10.9 Å². The Morgan fingerprint density at radius 2 is 2.14 bits per heavy atom. The zero-order valence-corrected chi connectivity index (χ0v) is 17.2. The number of fused-ring (bicyclic) bond motifs is 3. The van der Waals surface area contributed by atoms with Gasteiger partial charge in [-0.1, -0.05) is 53.4 Å². The highest BCUT2D eigenvalue weighted by Crippen LogP contribution is 2.33. The first-order chi connectivity index (χ1) is 14.3. The van der Waals surface area contributed by atoms with Crippen LogP contribution in [-0.2, 0) is 10.5 Å². The van der Waals surface area contributed by atoms with Gasteiger partial charge in [0.2, 0.25) is 5.13 Å². The van der Waals surface area contributed by atoms with Crippen LogP contribution in [0.25, 0.3) is 21.7 Å². The third kappa shape index (κ3) is 4.01. The molecule has 0 spiro atoms. The van der Waals surface area contributed by atoms with Crippen LogP contribution in [0.15, 0.2) is 56.0 Å². The minimum absolute atomic E-state index is 0.262. The summed E-state index contributed by atoms with van der Waals surface area (Å²) in [4.78, 5) is 12.0. The summed E-state index contributed by atoms with van der Waals surface area (Å²) in [5, 5.41) is 15.8. The molecule has 29 heavy (non-hydrogen) atoms. The van der Waals surface area contributed by atoms with Gasteiger partial charge in [0, 0.05) is 30.4 Å². The van der Waals surface area contributed by atoms with Crippen LogP contribution in [0.5, 0.6) is 0 Å². The number of nitrogens with one attached hydrogen (secondary N) is 1. The molecule has 2 aromatic carbocycles. The van der Waals surface area contributed by atoms with Crippen LogP contribution in [0.1, 0.15) is 18.4 Å². The number of ether oxygens (including phenoxy) is 1. The lowest BCUT2D eigenvalue weighted by Gasteiger charge is -2.08. The summed E-state index contributed by atoms with van der Waals surface area (Å²) in [6.45, 7) is 1.60. The molecule has 4 aromatic rings. The molecule has 0 bridgehead atoms. The second-order valence-corrected chi connectivity index (χ2v) is 9.13. The molecule has 148 valence electrons. The smallest absolute Gasteiger partial charge is 0.336 e. The van der Waals surface area contributed by atoms with Gasteiger partial charge >= 0.3 is 5.63 Å². The summed E-state index contributed by atoms with van der Waals surface area (Å²) in [5.74, 6) is 0.622. The van der Waals surface area contributed by atoms with Gasteiger partial charge < -0.3 is 14.5 Å². The fourth-order valence-corrected chi connectivity index (χ4v) is 5.36. The quantitative estimate of drug-likeness (QED) is 0.273. The maximum Gasteiger partial charge on any atom is 0.336 e. The molecule has 2 aromatic heterocycles. The van der Waals surface area contributed by atoms with Crippen LogP contribution in [0.4, 0.5) is 5.13 Å². The standard InChI is InChI=1S/C21H19N3O3S2/c25-18-10-14(19-16-6-2-1-4-13(16)7-8-17(19)27-18)12-28-21-24-23-20(29-21)22-11-15-5-3-9-26-15/h1-2,4,6-8,10,15H,3,5,9,11-12H2,(H,22,23)/t15-/m0/s1. The van der Waals surface area contributed by atoms with Crippen LogP contribution in [0.3, 0.4) is 0 Å². The van der Waals surface area contributed by atoms with Crippen molar-refractivity contribution in [3.63, 3.8) is 0 Å². The van der Waals surface area contributed by atoms with E-state index in [0.717, 1.165) is 57.2 Å². The highest BCUT2D eigenvalue weighted by Gasteiger charge is 2.16. The van der Waals surface area contributed by atoms with Crippen molar-refractivity contribution < 1.29 is 9.15 Å². The largest absolute Gasteiger partial charge is 0.423 e. The highest BCUT2D eigenvalue weighted by molar-refractivity contribution is 8.00. The van der Waals surface area contributed by atoms with E-state index in [1.54, 1.807) is 17.8 Å². The Labute approximate surface area is 175 Å². The van der Waals surface area contributed by atoms with E-state index < -0.39 is 0 Å². The maximum absolute atomic E-state index is 12.0. The van der Waals surface area contributed by atoms with E-state index in [0.29, 0.717) is 11.3 Å². The third-order valence-corrected chi connectivity index (χ3v) is 7.04. The molecule has 6 nitrogen and oxygen atoms in total. The van der Waals surface area contributed by atoms with Crippen molar-refractivity contribution in [2.75, 3.05) is 18.5 Å². The van der Waals surface area contributed by atoms with E-state index in [1.165, 1.54) is 11.3 Å². The minimum Gasteiger partial charge on any atom is -0.423 e. The zero-order valence-electron chi connectivity index (χ0n) is 15.6. The third-order valence-electron chi connectivity index (χ3n) is 4.98. The molecule has 1 aliphatic rings. The Morgan fingerprint density at radius 1 is 1.21 bits per heavy atom. The summed E-state index contributed by atoms with van der Waals surface area (Å²) in [6, 6.07) is 13.6. The molecule has 5 rings (SSSR count). The molecule has 0 unspecified atom stereocenters. The summed E-state index contributed by atoms with van der Waals surface area (Å²) in [7, 11) is 0. The van der Waals surface area contributed by atoms with Crippen LogP contribution in [0.2, 0.25) is 0 Å². The summed E-state index contributed by atoms with van der Waals surface area (Å²) >= 11 is 3.10. The van der Waals surface area contributed by atoms with Gasteiger partial charge in [0.15, 0.2) is 4.34 Å². The van der Waals surface area contributed by atoms with Crippen molar-refractivity contribution in [2.24, 2.45) is 0 Å². The molecular formula is C21H19N3O3S2. The first kappa shape index (κ1) is 18.6. The number of thioether (sulfide) groups is 1. The van der Waals surface area contributed by atoms with Crippen molar-refractivity contribution in [1.82, 2.24) is 10.2 Å². The van der Waals surface area contributed by atoms with E-state index in [1.807, 2.05) is 24.3 Å². The summed E-state index contributed by atoms with van der Waals surface area (Å²) in [5.41, 5.74) is 1.23. The van der Waals surface area contributed by atoms with Gasteiger partial charge in [0.1, 0.15) is 5.58 Å². The number of hydrogen-bond donors (Lipinski definition) is 1. The Balaban J connectivity index is 1.36. The van der Waals surface area contributed by atoms with Crippen LogP contribution >= 0.6 is 23.1 Å². The molecule has 3 heterocycles. The van der Waals surface area contributed by atoms with Gasteiger partial charge in [0.05, 0.1) is 6.10 Å². The Hall–Kier alpha value is -2.42. The SMILES string of the molecule is O=c1cc(CSc2nnc(NC[C@@H]3CCCO3)s2)c2c(ccc3ccccc32)o1. The number of anilines is 1. The summed E-state index contributed by atoms with van der Waals surface area (Å²) in [6.07, 6.45) is 2.47. The molecular weight excluding hydrogens is 406 g/mol. The van der Waals surface area contributed by atoms with E-state index in [9.17, 15) is 4.79 Å². The molecule has 1 aliphatic heterocycles. The van der Waals surface area contributed by atoms with Crippen molar-refractivity contribution in [3.05, 3.63) is 58.4 Å². The molecule has 0 radical (unpaired) electrons. The van der Waals surface area contributed by atoms with Gasteiger partial charge in [-0.2, -0.15) is 0 Å². The van der Waals surface area contributed by atoms with Crippen LogP contribution in [-0.4, -0.2) is 29.5 Å². The normalized spacial score (nSPS) is 16.6. The molecule has 0 amide bonds. The predicted octanol–water partition coefficient (Wildman–Crippen LogP) is 4.68. The topological polar surface area (TPSA) is 77.2 Å². The molecule has 1 N–H and O–H groups in total. The molecule has 8 heteroatoms. The fraction of sp³-hybridized carbons (Fsp3) is 0.286. The van der Waals surface area contributed by atoms with E-state index in [-0.39, 0.29) is 11.7 Å². The minimum atomic E-state index is -0.334. The van der Waals surface area contributed by atoms with E-state index in [4.69, 9.17) is 9.15 Å². The van der Waals surface area contributed by atoms with E-state index in [2.05, 4.69) is 27.6 Å². The average molecular weight is 426 g/mol. The maximum atomic E-state index is 12.0. The second kappa shape index (κ2) is 8.14. The van der Waals surface area contributed by atoms with Crippen molar-refractivity contribution >= 4 is 50.0 Å². The summed E-state index contributed by atoms with van der Waals surface area (Å²) < 4.78 is 11.9. The van der Waals surface area contributed by atoms with Crippen LogP contribution in [0, 0.1) is 0 Å². The van der Waals surface area contributed by atoms with E-state index >= 15 is 0 Å². The number of hydrogen-bond acceptors (Lipinski definition) is 8. The molecule has 1 saturated heterocycles. The molecule has 0 aliphatic carbocycles. The van der Waals surface area contributed by atoms with Gasteiger partial charge in [-0.3, -0.25) is 0 Å². The Bertz CT molecular complexity index is 1210. The van der Waals surface area contributed by atoms with Crippen molar-refractivity contribution in [3.8, 4) is 0 Å². The van der Waals surface area contributed by atoms with Gasteiger partial charge in [-0.15, -0.1) is 10.2 Å². The predicted molar refractivity (Wildman–Crippen MR) is 117 cm³/mol. The monoisotopic (exact) mass is 425 g/mol. The number of rotatable bonds is 6. The first-order valence-corrected chi connectivity index (χ1v) is 11.3. The Morgan fingerprint density at radius 3 is 3.03 bits per heavy atom. The number of nitrogens with zero attached hydrogens (tertiary/aromatic N) is 2. The first-order valence-electron chi connectivity index (χ1n) is 9.52.